The van der Waals surface area contributed by atoms with Crippen molar-refractivity contribution < 1.29 is 18.7 Å². The standard InChI is InChI=1S/C23H19N3O5S/c1-13-2-7-16(31-13)10-24-21(27)15-5-3-14(4-6-15)11-26-22(28)17-8-19-20(30-12-29-19)9-18(17)25-23(26)32/h2-9H,10-12H2,1H3,(H,24,27)(H,25,32). The lowest BCUT2D eigenvalue weighted by molar-refractivity contribution is 0.0948. The van der Waals surface area contributed by atoms with Gasteiger partial charge in [0.1, 0.15) is 11.5 Å². The monoisotopic (exact) mass is 449 g/mol. The highest BCUT2D eigenvalue weighted by Crippen LogP contribution is 2.34. The van der Waals surface area contributed by atoms with Crippen molar-refractivity contribution in [2.45, 2.75) is 20.0 Å². The van der Waals surface area contributed by atoms with E-state index in [1.807, 2.05) is 19.1 Å². The number of hydrogen-bond donors (Lipinski definition) is 2. The molecule has 1 aliphatic heterocycles. The van der Waals surface area contributed by atoms with E-state index < -0.39 is 0 Å². The summed E-state index contributed by atoms with van der Waals surface area (Å²) < 4.78 is 18.0. The second-order valence-corrected chi connectivity index (χ2v) is 7.85. The van der Waals surface area contributed by atoms with E-state index in [0.29, 0.717) is 45.0 Å². The Kier molecular flexibility index (Phi) is 5.02. The number of nitrogens with one attached hydrogen (secondary N) is 2. The Bertz CT molecular complexity index is 1450. The summed E-state index contributed by atoms with van der Waals surface area (Å²) in [5.41, 5.74) is 1.72. The summed E-state index contributed by atoms with van der Waals surface area (Å²) in [4.78, 5) is 28.5. The Balaban J connectivity index is 1.35. The van der Waals surface area contributed by atoms with Gasteiger partial charge in [0, 0.05) is 11.6 Å². The molecule has 2 aromatic heterocycles. The fourth-order valence-electron chi connectivity index (χ4n) is 3.58. The van der Waals surface area contributed by atoms with Crippen LogP contribution in [0.4, 0.5) is 0 Å². The van der Waals surface area contributed by atoms with Crippen LogP contribution in [0.2, 0.25) is 0 Å². The normalized spacial score (nSPS) is 12.3. The number of benzene rings is 2. The second-order valence-electron chi connectivity index (χ2n) is 7.46. The molecule has 8 nitrogen and oxygen atoms in total. The van der Waals surface area contributed by atoms with E-state index in [1.165, 1.54) is 4.57 Å². The van der Waals surface area contributed by atoms with Crippen LogP contribution in [0.15, 0.2) is 57.7 Å². The van der Waals surface area contributed by atoms with Crippen LogP contribution in [0.25, 0.3) is 10.9 Å². The highest BCUT2D eigenvalue weighted by Gasteiger charge is 2.17. The summed E-state index contributed by atoms with van der Waals surface area (Å²) >= 11 is 5.41. The first-order chi connectivity index (χ1) is 15.5. The van der Waals surface area contributed by atoms with Gasteiger partial charge in [-0.25, -0.2) is 0 Å². The molecule has 1 aliphatic rings. The number of amides is 1. The SMILES string of the molecule is Cc1ccc(CNC(=O)c2ccc(Cn3c(=S)[nH]c4cc5c(cc4c3=O)OCO5)cc2)o1. The fourth-order valence-corrected chi connectivity index (χ4v) is 3.84. The minimum absolute atomic E-state index is 0.127. The van der Waals surface area contributed by atoms with Gasteiger partial charge >= 0.3 is 0 Å². The quantitative estimate of drug-likeness (QED) is 0.451. The van der Waals surface area contributed by atoms with Gasteiger partial charge in [-0.2, -0.15) is 0 Å². The first-order valence-corrected chi connectivity index (χ1v) is 10.4. The van der Waals surface area contributed by atoms with Crippen LogP contribution in [0.5, 0.6) is 11.5 Å². The molecule has 4 aromatic rings. The molecule has 0 spiro atoms. The van der Waals surface area contributed by atoms with Gasteiger partial charge in [0.2, 0.25) is 6.79 Å². The molecule has 0 bridgehead atoms. The van der Waals surface area contributed by atoms with Crippen molar-refractivity contribution in [1.82, 2.24) is 14.9 Å². The van der Waals surface area contributed by atoms with E-state index in [1.54, 1.807) is 36.4 Å². The van der Waals surface area contributed by atoms with E-state index in [9.17, 15) is 9.59 Å². The smallest absolute Gasteiger partial charge is 0.262 e. The number of ether oxygens (including phenoxy) is 2. The summed E-state index contributed by atoms with van der Waals surface area (Å²) in [5.74, 6) is 2.40. The largest absolute Gasteiger partial charge is 0.465 e. The zero-order chi connectivity index (χ0) is 22.2. The van der Waals surface area contributed by atoms with Crippen molar-refractivity contribution in [2.24, 2.45) is 0 Å². The minimum Gasteiger partial charge on any atom is -0.465 e. The van der Waals surface area contributed by atoms with E-state index in [0.717, 1.165) is 11.3 Å². The molecule has 5 rings (SSSR count). The van der Waals surface area contributed by atoms with Gasteiger partial charge < -0.3 is 24.2 Å². The average molecular weight is 449 g/mol. The lowest BCUT2D eigenvalue weighted by Crippen LogP contribution is -2.23. The molecular weight excluding hydrogens is 430 g/mol. The number of rotatable bonds is 5. The van der Waals surface area contributed by atoms with Crippen molar-refractivity contribution in [3.63, 3.8) is 0 Å². The number of carbonyl (C=O) groups excluding carboxylic acids is 1. The van der Waals surface area contributed by atoms with Crippen LogP contribution in [0.3, 0.4) is 0 Å². The van der Waals surface area contributed by atoms with E-state index in [4.69, 9.17) is 26.1 Å². The Morgan fingerprint density at radius 3 is 2.59 bits per heavy atom. The predicted octanol–water partition coefficient (Wildman–Crippen LogP) is 3.67. The van der Waals surface area contributed by atoms with Gasteiger partial charge in [-0.15, -0.1) is 0 Å². The van der Waals surface area contributed by atoms with Gasteiger partial charge in [0.05, 0.1) is 24.0 Å². The second kappa shape index (κ2) is 8.01. The van der Waals surface area contributed by atoms with Crippen molar-refractivity contribution in [3.8, 4) is 11.5 Å². The zero-order valence-electron chi connectivity index (χ0n) is 17.1. The van der Waals surface area contributed by atoms with Gasteiger partial charge in [-0.3, -0.25) is 14.2 Å². The summed E-state index contributed by atoms with van der Waals surface area (Å²) in [6.07, 6.45) is 0. The molecule has 3 heterocycles. The van der Waals surface area contributed by atoms with Crippen molar-refractivity contribution >= 4 is 29.0 Å². The first kappa shape index (κ1) is 20.1. The molecule has 0 saturated carbocycles. The van der Waals surface area contributed by atoms with Crippen LogP contribution in [-0.2, 0) is 13.1 Å². The van der Waals surface area contributed by atoms with Crippen molar-refractivity contribution in [3.05, 3.63) is 86.3 Å². The number of nitrogens with zero attached hydrogens (tertiary/aromatic N) is 1. The highest BCUT2D eigenvalue weighted by atomic mass is 32.1. The Morgan fingerprint density at radius 2 is 1.88 bits per heavy atom. The summed E-state index contributed by atoms with van der Waals surface area (Å²) in [5, 5.41) is 3.29. The van der Waals surface area contributed by atoms with Gasteiger partial charge in [-0.05, 0) is 55.0 Å². The van der Waals surface area contributed by atoms with Crippen LogP contribution in [-0.4, -0.2) is 22.3 Å². The molecule has 0 aliphatic carbocycles. The maximum absolute atomic E-state index is 13.1. The van der Waals surface area contributed by atoms with Crippen molar-refractivity contribution in [1.29, 1.82) is 0 Å². The average Bonchev–Trinajstić information content (AvgIpc) is 3.42. The molecule has 0 atom stereocenters. The topological polar surface area (TPSA) is 98.5 Å². The number of furan rings is 1. The molecule has 162 valence electrons. The van der Waals surface area contributed by atoms with Crippen LogP contribution in [0.1, 0.15) is 27.4 Å². The number of aryl methyl sites for hydroxylation is 1. The van der Waals surface area contributed by atoms with Crippen molar-refractivity contribution in [2.75, 3.05) is 6.79 Å². The molecular formula is C23H19N3O5S. The summed E-state index contributed by atoms with van der Waals surface area (Å²) in [6.45, 7) is 2.56. The predicted molar refractivity (Wildman–Crippen MR) is 120 cm³/mol. The van der Waals surface area contributed by atoms with E-state index in [2.05, 4.69) is 10.3 Å². The van der Waals surface area contributed by atoms with Gasteiger partial charge in [-0.1, -0.05) is 12.1 Å². The fraction of sp³-hybridized carbons (Fsp3) is 0.174. The minimum atomic E-state index is -0.224. The molecule has 1 amide bonds. The lowest BCUT2D eigenvalue weighted by atomic mass is 10.1. The Labute approximate surface area is 187 Å². The number of hydrogen-bond acceptors (Lipinski definition) is 6. The van der Waals surface area contributed by atoms with E-state index in [-0.39, 0.29) is 24.8 Å². The molecule has 32 heavy (non-hydrogen) atoms. The third-order valence-electron chi connectivity index (χ3n) is 5.25. The van der Waals surface area contributed by atoms with Crippen LogP contribution in [0, 0.1) is 11.7 Å². The molecule has 0 unspecified atom stereocenters. The Morgan fingerprint density at radius 1 is 1.12 bits per heavy atom. The highest BCUT2D eigenvalue weighted by molar-refractivity contribution is 7.71. The molecule has 0 saturated heterocycles. The molecule has 9 heteroatoms. The molecule has 2 aromatic carbocycles. The molecule has 0 radical (unpaired) electrons. The maximum Gasteiger partial charge on any atom is 0.262 e. The number of fused-ring (bicyclic) bond motifs is 2. The third kappa shape index (κ3) is 3.78. The zero-order valence-corrected chi connectivity index (χ0v) is 18.0. The van der Waals surface area contributed by atoms with Gasteiger partial charge in [0.25, 0.3) is 11.5 Å². The molecule has 0 fully saturated rings. The summed E-state index contributed by atoms with van der Waals surface area (Å²) in [7, 11) is 0. The number of aromatic amines is 1. The number of carbonyl (C=O) groups is 1. The maximum atomic E-state index is 13.1. The lowest BCUT2D eigenvalue weighted by Gasteiger charge is -2.10. The Hall–Kier alpha value is -3.85. The van der Waals surface area contributed by atoms with Crippen LogP contribution >= 0.6 is 12.2 Å². The number of H-pyrrole nitrogens is 1. The van der Waals surface area contributed by atoms with E-state index >= 15 is 0 Å². The summed E-state index contributed by atoms with van der Waals surface area (Å²) in [6, 6.07) is 14.1. The third-order valence-corrected chi connectivity index (χ3v) is 5.57. The first-order valence-electron chi connectivity index (χ1n) is 9.97. The van der Waals surface area contributed by atoms with Gasteiger partial charge in [0.15, 0.2) is 16.3 Å². The molecule has 2 N–H and O–H groups in total. The van der Waals surface area contributed by atoms with Crippen LogP contribution < -0.4 is 20.3 Å². The number of aromatic nitrogens is 2.